The maximum Gasteiger partial charge on any atom is 0.191 e. The Morgan fingerprint density at radius 1 is 1.07 bits per heavy atom. The van der Waals surface area contributed by atoms with Gasteiger partial charge in [0.25, 0.3) is 0 Å². The molecule has 0 saturated carbocycles. The van der Waals surface area contributed by atoms with Gasteiger partial charge in [-0.25, -0.2) is 0 Å². The van der Waals surface area contributed by atoms with Crippen molar-refractivity contribution in [3.63, 3.8) is 0 Å². The zero-order chi connectivity index (χ0) is 18.2. The summed E-state index contributed by atoms with van der Waals surface area (Å²) in [4.78, 5) is 11.6. The van der Waals surface area contributed by atoms with Crippen LogP contribution in [0.1, 0.15) is 6.42 Å². The minimum absolute atomic E-state index is 0. The standard InChI is InChI=1S/C19H31N5O2.HI/c1-25-18-5-3-17(4-6-18)23-11-9-22(10-12-23)8-2-7-21-19(20)24-13-15-26-16-14-24;/h3-6H,2,7-16H2,1H3,(H2,20,21);1H. The fourth-order valence-corrected chi connectivity index (χ4v) is 3.40. The van der Waals surface area contributed by atoms with Crippen LogP contribution >= 0.6 is 24.0 Å². The van der Waals surface area contributed by atoms with E-state index in [-0.39, 0.29) is 24.0 Å². The first kappa shape index (κ1) is 22.0. The summed E-state index contributed by atoms with van der Waals surface area (Å²) < 4.78 is 10.6. The molecule has 0 aliphatic carbocycles. The van der Waals surface area contributed by atoms with E-state index in [9.17, 15) is 0 Å². The van der Waals surface area contributed by atoms with Crippen molar-refractivity contribution in [1.29, 1.82) is 0 Å². The molecule has 152 valence electrons. The number of anilines is 1. The molecule has 0 bridgehead atoms. The zero-order valence-corrected chi connectivity index (χ0v) is 18.5. The number of halogens is 1. The zero-order valence-electron chi connectivity index (χ0n) is 16.2. The van der Waals surface area contributed by atoms with E-state index in [4.69, 9.17) is 15.2 Å². The molecule has 27 heavy (non-hydrogen) atoms. The van der Waals surface area contributed by atoms with E-state index in [1.165, 1.54) is 5.69 Å². The fraction of sp³-hybridized carbons (Fsp3) is 0.632. The van der Waals surface area contributed by atoms with Gasteiger partial charge in [0.15, 0.2) is 5.96 Å². The second-order valence-corrected chi connectivity index (χ2v) is 6.72. The van der Waals surface area contributed by atoms with Crippen LogP contribution in [0, 0.1) is 0 Å². The summed E-state index contributed by atoms with van der Waals surface area (Å²) >= 11 is 0. The number of rotatable bonds is 6. The molecule has 2 aliphatic heterocycles. The Labute approximate surface area is 179 Å². The average Bonchev–Trinajstić information content (AvgIpc) is 2.72. The quantitative estimate of drug-likeness (QED) is 0.283. The fourth-order valence-electron chi connectivity index (χ4n) is 3.40. The predicted octanol–water partition coefficient (Wildman–Crippen LogP) is 1.47. The van der Waals surface area contributed by atoms with Gasteiger partial charge in [-0.2, -0.15) is 0 Å². The molecule has 1 aromatic rings. The summed E-state index contributed by atoms with van der Waals surface area (Å²) in [5, 5.41) is 0. The molecule has 0 amide bonds. The lowest BCUT2D eigenvalue weighted by Crippen LogP contribution is -2.47. The van der Waals surface area contributed by atoms with Gasteiger partial charge < -0.3 is 25.0 Å². The van der Waals surface area contributed by atoms with Gasteiger partial charge in [-0.3, -0.25) is 9.89 Å². The first-order chi connectivity index (χ1) is 12.8. The van der Waals surface area contributed by atoms with Crippen molar-refractivity contribution < 1.29 is 9.47 Å². The molecule has 0 unspecified atom stereocenters. The molecule has 0 radical (unpaired) electrons. The third-order valence-corrected chi connectivity index (χ3v) is 5.05. The Kier molecular flexibility index (Phi) is 9.43. The lowest BCUT2D eigenvalue weighted by molar-refractivity contribution is 0.0674. The van der Waals surface area contributed by atoms with Crippen molar-refractivity contribution in [3.8, 4) is 5.75 Å². The van der Waals surface area contributed by atoms with Crippen LogP contribution in [0.15, 0.2) is 29.3 Å². The number of nitrogens with zero attached hydrogens (tertiary/aromatic N) is 4. The van der Waals surface area contributed by atoms with Gasteiger partial charge in [0.2, 0.25) is 0 Å². The van der Waals surface area contributed by atoms with Crippen molar-refractivity contribution >= 4 is 35.6 Å². The number of hydrogen-bond donors (Lipinski definition) is 1. The van der Waals surface area contributed by atoms with Gasteiger partial charge >= 0.3 is 0 Å². The normalized spacial score (nSPS) is 18.9. The molecule has 8 heteroatoms. The van der Waals surface area contributed by atoms with Crippen LogP contribution < -0.4 is 15.4 Å². The minimum Gasteiger partial charge on any atom is -0.497 e. The van der Waals surface area contributed by atoms with E-state index in [1.54, 1.807) is 7.11 Å². The van der Waals surface area contributed by atoms with Crippen molar-refractivity contribution in [2.45, 2.75) is 6.42 Å². The van der Waals surface area contributed by atoms with Crippen LogP contribution in [-0.4, -0.2) is 88.4 Å². The van der Waals surface area contributed by atoms with Crippen LogP contribution in [0.4, 0.5) is 5.69 Å². The number of ether oxygens (including phenoxy) is 2. The van der Waals surface area contributed by atoms with Gasteiger partial charge in [0.1, 0.15) is 5.75 Å². The average molecular weight is 489 g/mol. The van der Waals surface area contributed by atoms with Crippen molar-refractivity contribution in [2.75, 3.05) is 77.6 Å². The minimum atomic E-state index is 0. The molecule has 7 nitrogen and oxygen atoms in total. The van der Waals surface area contributed by atoms with E-state index in [0.717, 1.165) is 77.7 Å². The molecule has 2 heterocycles. The maximum atomic E-state index is 6.06. The van der Waals surface area contributed by atoms with Crippen LogP contribution in [0.3, 0.4) is 0 Å². The van der Waals surface area contributed by atoms with E-state index < -0.39 is 0 Å². The highest BCUT2D eigenvalue weighted by Crippen LogP contribution is 2.20. The van der Waals surface area contributed by atoms with E-state index >= 15 is 0 Å². The summed E-state index contributed by atoms with van der Waals surface area (Å²) in [6.45, 7) is 9.37. The highest BCUT2D eigenvalue weighted by molar-refractivity contribution is 14.0. The molecule has 2 fully saturated rings. The first-order valence-corrected chi connectivity index (χ1v) is 9.50. The summed E-state index contributed by atoms with van der Waals surface area (Å²) in [5.41, 5.74) is 7.33. The van der Waals surface area contributed by atoms with Crippen LogP contribution in [0.25, 0.3) is 0 Å². The molecule has 0 atom stereocenters. The summed E-state index contributed by atoms with van der Waals surface area (Å²) in [6, 6.07) is 8.33. The van der Waals surface area contributed by atoms with Gasteiger partial charge in [-0.15, -0.1) is 24.0 Å². The Morgan fingerprint density at radius 2 is 1.74 bits per heavy atom. The van der Waals surface area contributed by atoms with E-state index in [1.807, 2.05) is 12.1 Å². The van der Waals surface area contributed by atoms with Crippen molar-refractivity contribution in [1.82, 2.24) is 9.80 Å². The van der Waals surface area contributed by atoms with E-state index in [0.29, 0.717) is 5.96 Å². The number of morpholine rings is 1. The first-order valence-electron chi connectivity index (χ1n) is 9.50. The Hall–Kier alpha value is -1.26. The van der Waals surface area contributed by atoms with Crippen molar-refractivity contribution in [3.05, 3.63) is 24.3 Å². The molecule has 0 aromatic heterocycles. The predicted molar refractivity (Wildman–Crippen MR) is 121 cm³/mol. The number of guanidine groups is 1. The third kappa shape index (κ3) is 6.69. The molecule has 3 rings (SSSR count). The molecule has 0 spiro atoms. The summed E-state index contributed by atoms with van der Waals surface area (Å²) in [5.74, 6) is 1.57. The second kappa shape index (κ2) is 11.6. The molecular formula is C19H32IN5O2. The number of nitrogens with two attached hydrogens (primary N) is 1. The van der Waals surface area contributed by atoms with Crippen molar-refractivity contribution in [2.24, 2.45) is 10.7 Å². The lowest BCUT2D eigenvalue weighted by Gasteiger charge is -2.36. The number of hydrogen-bond acceptors (Lipinski definition) is 5. The summed E-state index contributed by atoms with van der Waals surface area (Å²) in [6.07, 6.45) is 1.05. The van der Waals surface area contributed by atoms with Gasteiger partial charge in [-0.1, -0.05) is 0 Å². The van der Waals surface area contributed by atoms with Gasteiger partial charge in [0, 0.05) is 58.0 Å². The number of methoxy groups -OCH3 is 1. The van der Waals surface area contributed by atoms with Gasteiger partial charge in [0.05, 0.1) is 20.3 Å². The lowest BCUT2D eigenvalue weighted by atomic mass is 10.2. The monoisotopic (exact) mass is 489 g/mol. The smallest absolute Gasteiger partial charge is 0.191 e. The van der Waals surface area contributed by atoms with Crippen LogP contribution in [-0.2, 0) is 4.74 Å². The number of piperazine rings is 1. The molecule has 2 aliphatic rings. The SMILES string of the molecule is COc1ccc(N2CCN(CCCN=C(N)N3CCOCC3)CC2)cc1.I. The number of benzene rings is 1. The molecular weight excluding hydrogens is 457 g/mol. The largest absolute Gasteiger partial charge is 0.497 e. The van der Waals surface area contributed by atoms with Crippen LogP contribution in [0.2, 0.25) is 0 Å². The molecule has 1 aromatic carbocycles. The molecule has 2 saturated heterocycles. The maximum absolute atomic E-state index is 6.06. The second-order valence-electron chi connectivity index (χ2n) is 6.72. The Bertz CT molecular complexity index is 570. The van der Waals surface area contributed by atoms with Gasteiger partial charge in [-0.05, 0) is 30.7 Å². The number of aliphatic imine (C=N–C) groups is 1. The Balaban J connectivity index is 0.00000261. The van der Waals surface area contributed by atoms with E-state index in [2.05, 4.69) is 31.8 Å². The third-order valence-electron chi connectivity index (χ3n) is 5.05. The highest BCUT2D eigenvalue weighted by atomic mass is 127. The van der Waals surface area contributed by atoms with Crippen LogP contribution in [0.5, 0.6) is 5.75 Å². The Morgan fingerprint density at radius 3 is 2.37 bits per heavy atom. The molecule has 2 N–H and O–H groups in total. The highest BCUT2D eigenvalue weighted by Gasteiger charge is 2.17. The topological polar surface area (TPSA) is 66.6 Å². The summed E-state index contributed by atoms with van der Waals surface area (Å²) in [7, 11) is 1.70.